The van der Waals surface area contributed by atoms with Crippen LogP contribution in [-0.2, 0) is 16.3 Å². The van der Waals surface area contributed by atoms with Gasteiger partial charge in [-0.05, 0) is 0 Å². The van der Waals surface area contributed by atoms with Crippen molar-refractivity contribution in [2.45, 2.75) is 40.8 Å². The second-order valence-corrected chi connectivity index (χ2v) is 18.8. The van der Waals surface area contributed by atoms with E-state index in [9.17, 15) is 0 Å². The van der Waals surface area contributed by atoms with Gasteiger partial charge in [-0.1, -0.05) is 0 Å². The Bertz CT molecular complexity index is 830. The van der Waals surface area contributed by atoms with Gasteiger partial charge in [0, 0.05) is 0 Å². The molecule has 27 heavy (non-hydrogen) atoms. The first-order valence-electron chi connectivity index (χ1n) is 9.20. The van der Waals surface area contributed by atoms with Crippen molar-refractivity contribution < 1.29 is 16.3 Å². The van der Waals surface area contributed by atoms with E-state index < -0.39 is 15.2 Å². The molecule has 0 bridgehead atoms. The maximum atomic E-state index is 3.49. The van der Waals surface area contributed by atoms with Gasteiger partial charge in [-0.3, -0.25) is 0 Å². The van der Waals surface area contributed by atoms with Crippen LogP contribution in [0.25, 0.3) is 0 Å². The predicted octanol–water partition coefficient (Wildman–Crippen LogP) is 6.46. The largest absolute Gasteiger partial charge is 0.147 e. The van der Waals surface area contributed by atoms with E-state index in [0.29, 0.717) is 0 Å². The van der Waals surface area contributed by atoms with E-state index in [1.807, 2.05) is 0 Å². The molecule has 0 saturated carbocycles. The van der Waals surface area contributed by atoms with Gasteiger partial charge in [0.05, 0.1) is 0 Å². The minimum Gasteiger partial charge on any atom is -0.147 e. The smallest absolute Gasteiger partial charge is 0.147 e. The van der Waals surface area contributed by atoms with Crippen molar-refractivity contribution in [1.29, 1.82) is 0 Å². The Balaban J connectivity index is 0.00000261. The van der Waals surface area contributed by atoms with E-state index in [2.05, 4.69) is 118 Å². The molecule has 1 aliphatic carbocycles. The first-order valence-corrected chi connectivity index (χ1v) is 15.0. The van der Waals surface area contributed by atoms with E-state index in [4.69, 9.17) is 0 Å². The van der Waals surface area contributed by atoms with E-state index in [1.165, 1.54) is 26.2 Å². The number of hydrogen-bond acceptors (Lipinski definition) is 0. The zero-order chi connectivity index (χ0) is 19.1. The SMILES string of the molecule is CC1=C(C)C(C)(C)[C]([Cr])=C1[Si](C)(C)P(c1ccccc1)c1ccccc1.Cl. The molecular formula is C23H29ClCrPSi. The normalized spacial score (nSPS) is 16.7. The molecule has 2 aromatic rings. The second-order valence-electron chi connectivity index (χ2n) is 8.14. The molecular weight excluding hydrogens is 423 g/mol. The molecule has 2 aromatic carbocycles. The summed E-state index contributed by atoms with van der Waals surface area (Å²) in [7, 11) is -2.17. The van der Waals surface area contributed by atoms with Crippen LogP contribution >= 0.6 is 19.9 Å². The summed E-state index contributed by atoms with van der Waals surface area (Å²) in [5.74, 6) is 0. The van der Waals surface area contributed by atoms with Crippen LogP contribution in [0.2, 0.25) is 13.1 Å². The van der Waals surface area contributed by atoms with E-state index in [-0.39, 0.29) is 17.8 Å². The summed E-state index contributed by atoms with van der Waals surface area (Å²) < 4.78 is 1.48. The van der Waals surface area contributed by atoms with Gasteiger partial charge in [-0.15, -0.1) is 12.4 Å². The van der Waals surface area contributed by atoms with Crippen molar-refractivity contribution in [3.63, 3.8) is 0 Å². The van der Waals surface area contributed by atoms with Crippen LogP contribution in [-0.4, -0.2) is 7.74 Å². The molecule has 0 unspecified atom stereocenters. The first-order chi connectivity index (χ1) is 12.2. The average molecular weight is 452 g/mol. The molecule has 0 nitrogen and oxygen atoms in total. The van der Waals surface area contributed by atoms with Crippen LogP contribution < -0.4 is 10.6 Å². The molecule has 0 atom stereocenters. The third kappa shape index (κ3) is 3.94. The fraction of sp³-hybridized carbons (Fsp3) is 0.304. The zero-order valence-electron chi connectivity index (χ0n) is 17.0. The van der Waals surface area contributed by atoms with Crippen LogP contribution in [0.5, 0.6) is 0 Å². The van der Waals surface area contributed by atoms with Crippen LogP contribution in [0.15, 0.2) is 81.4 Å². The molecule has 0 aliphatic heterocycles. The van der Waals surface area contributed by atoms with Crippen molar-refractivity contribution in [1.82, 2.24) is 0 Å². The molecule has 0 aromatic heterocycles. The second kappa shape index (κ2) is 8.41. The third-order valence-corrected chi connectivity index (χ3v) is 17.5. The summed E-state index contributed by atoms with van der Waals surface area (Å²) in [5.41, 5.74) is 3.19. The minimum absolute atomic E-state index is 0. The predicted molar refractivity (Wildman–Crippen MR) is 123 cm³/mol. The minimum atomic E-state index is -1.78. The summed E-state index contributed by atoms with van der Waals surface area (Å²) >= 11 is 3.49. The Morgan fingerprint density at radius 3 is 1.56 bits per heavy atom. The van der Waals surface area contributed by atoms with Crippen molar-refractivity contribution in [2.24, 2.45) is 5.41 Å². The Morgan fingerprint density at radius 2 is 1.22 bits per heavy atom. The van der Waals surface area contributed by atoms with Crippen LogP contribution in [0.1, 0.15) is 27.7 Å². The van der Waals surface area contributed by atoms with Crippen LogP contribution in [0, 0.1) is 5.41 Å². The van der Waals surface area contributed by atoms with Crippen molar-refractivity contribution in [3.8, 4) is 0 Å². The summed E-state index contributed by atoms with van der Waals surface area (Å²) in [6, 6.07) is 22.4. The van der Waals surface area contributed by atoms with Gasteiger partial charge in [-0.2, -0.15) is 0 Å². The van der Waals surface area contributed by atoms with Gasteiger partial charge in [0.15, 0.2) is 0 Å². The molecule has 0 fully saturated rings. The third-order valence-electron chi connectivity index (χ3n) is 5.87. The molecule has 0 saturated heterocycles. The van der Waals surface area contributed by atoms with Crippen molar-refractivity contribution >= 4 is 38.2 Å². The topological polar surface area (TPSA) is 0 Å². The summed E-state index contributed by atoms with van der Waals surface area (Å²) in [4.78, 5) is 0. The van der Waals surface area contributed by atoms with Gasteiger partial charge < -0.3 is 0 Å². The Morgan fingerprint density at radius 1 is 0.815 bits per heavy atom. The van der Waals surface area contributed by atoms with E-state index >= 15 is 0 Å². The number of allylic oxidation sites excluding steroid dienone is 4. The molecule has 0 heterocycles. The average Bonchev–Trinajstić information content (AvgIpc) is 2.77. The van der Waals surface area contributed by atoms with Gasteiger partial charge in [0.25, 0.3) is 0 Å². The molecule has 0 N–H and O–H groups in total. The number of rotatable bonds is 4. The molecule has 0 spiro atoms. The quantitative estimate of drug-likeness (QED) is 0.369. The number of halogens is 1. The molecule has 0 radical (unpaired) electrons. The standard InChI is InChI=1S/C23H28PSi.ClH.Cr/c1-18-19(2)23(3,4)17-22(18)25(5,6)24(20-13-9-7-10-14-20)21-15-11-8-12-16-21;;/h7-16H,1-6H3;1H;. The molecule has 0 amide bonds. The molecule has 1 aliphatic rings. The number of hydrogen-bond donors (Lipinski definition) is 0. The van der Waals surface area contributed by atoms with Crippen molar-refractivity contribution in [3.05, 3.63) is 81.4 Å². The van der Waals surface area contributed by atoms with Crippen LogP contribution in [0.4, 0.5) is 0 Å². The summed E-state index contributed by atoms with van der Waals surface area (Å²) in [5, 5.41) is 4.65. The van der Waals surface area contributed by atoms with Gasteiger partial charge >= 0.3 is 170 Å². The van der Waals surface area contributed by atoms with Crippen LogP contribution in [0.3, 0.4) is 0 Å². The van der Waals surface area contributed by atoms with E-state index in [0.717, 1.165) is 0 Å². The molecule has 4 heteroatoms. The molecule has 143 valence electrons. The summed E-state index contributed by atoms with van der Waals surface area (Å²) in [6.07, 6.45) is 0. The molecule has 3 rings (SSSR count). The Hall–Kier alpha value is -0.611. The van der Waals surface area contributed by atoms with Gasteiger partial charge in [0.1, 0.15) is 0 Å². The first kappa shape index (κ1) is 22.7. The Kier molecular flexibility index (Phi) is 7.06. The summed E-state index contributed by atoms with van der Waals surface area (Å²) in [6.45, 7) is 14.5. The maximum Gasteiger partial charge on any atom is -0.147 e. The van der Waals surface area contributed by atoms with Crippen molar-refractivity contribution in [2.75, 3.05) is 0 Å². The Labute approximate surface area is 181 Å². The zero-order valence-corrected chi connectivity index (χ0v) is 21.0. The van der Waals surface area contributed by atoms with Gasteiger partial charge in [-0.25, -0.2) is 0 Å². The fourth-order valence-corrected chi connectivity index (χ4v) is 17.2. The van der Waals surface area contributed by atoms with Gasteiger partial charge in [0.2, 0.25) is 0 Å². The van der Waals surface area contributed by atoms with E-state index in [1.54, 1.807) is 5.20 Å². The fourth-order valence-electron chi connectivity index (χ4n) is 4.11. The monoisotopic (exact) mass is 451 g/mol. The maximum absolute atomic E-state index is 3.49. The number of benzene rings is 2.